The lowest BCUT2D eigenvalue weighted by molar-refractivity contribution is 1.01. The van der Waals surface area contributed by atoms with Gasteiger partial charge in [-0.05, 0) is 53.2 Å². The summed E-state index contributed by atoms with van der Waals surface area (Å²) < 4.78 is 4.91. The molecule has 1 aliphatic rings. The van der Waals surface area contributed by atoms with Crippen LogP contribution in [-0.4, -0.2) is 14.5 Å². The number of rotatable bonds is 1. The van der Waals surface area contributed by atoms with Gasteiger partial charge in [0.25, 0.3) is 0 Å². The molecule has 0 radical (unpaired) electrons. The van der Waals surface area contributed by atoms with Crippen LogP contribution in [-0.2, 0) is 0 Å². The van der Waals surface area contributed by atoms with Crippen LogP contribution >= 0.6 is 23.1 Å². The highest BCUT2D eigenvalue weighted by Gasteiger charge is 2.24. The largest absolute Gasteiger partial charge is 0.278 e. The van der Waals surface area contributed by atoms with Gasteiger partial charge in [-0.2, -0.15) is 0 Å². The minimum Gasteiger partial charge on any atom is -0.278 e. The van der Waals surface area contributed by atoms with Crippen LogP contribution in [0.3, 0.4) is 0 Å². The van der Waals surface area contributed by atoms with E-state index in [0.29, 0.717) is 5.95 Å². The number of hydrogen-bond donors (Lipinski definition) is 0. The van der Waals surface area contributed by atoms with Crippen molar-refractivity contribution in [2.24, 2.45) is 0 Å². The molecule has 3 aromatic heterocycles. The van der Waals surface area contributed by atoms with Gasteiger partial charge in [0.15, 0.2) is 0 Å². The average Bonchev–Trinajstić information content (AvgIpc) is 3.57. The van der Waals surface area contributed by atoms with Crippen molar-refractivity contribution in [3.05, 3.63) is 115 Å². The van der Waals surface area contributed by atoms with Crippen LogP contribution in [0.2, 0.25) is 0 Å². The average molecular weight is 558 g/mol. The number of benzene rings is 6. The zero-order valence-corrected chi connectivity index (χ0v) is 23.3. The molecule has 9 aromatic rings. The highest BCUT2D eigenvalue weighted by Crippen LogP contribution is 2.47. The minimum absolute atomic E-state index is 0.707. The lowest BCUT2D eigenvalue weighted by Gasteiger charge is -2.20. The van der Waals surface area contributed by atoms with E-state index in [9.17, 15) is 0 Å². The predicted octanol–water partition coefficient (Wildman–Crippen LogP) is 10.4. The van der Waals surface area contributed by atoms with Gasteiger partial charge in [0.2, 0.25) is 5.95 Å². The summed E-state index contributed by atoms with van der Waals surface area (Å²) in [5.74, 6) is 0.707. The molecule has 4 heterocycles. The molecule has 0 unspecified atom stereocenters. The number of hydrogen-bond acceptors (Lipinski definition) is 4. The monoisotopic (exact) mass is 557 g/mol. The van der Waals surface area contributed by atoms with Crippen LogP contribution in [0.15, 0.2) is 125 Å². The lowest BCUT2D eigenvalue weighted by atomic mass is 9.99. The standard InChI is InChI=1S/C36H19N3S2/c1-4-12-26-22(8-1)32-20-17-19-31-33(23-9-2-5-13-28(23)40-31)21(20)16-18-27(32)39(26)36-37-25-11-7-15-30-34(25)35(38-36)24-10-3-6-14-29(24)41-30/h1-19H. The van der Waals surface area contributed by atoms with Crippen LogP contribution < -0.4 is 0 Å². The van der Waals surface area contributed by atoms with Crippen molar-refractivity contribution in [2.75, 3.05) is 0 Å². The molecule has 190 valence electrons. The lowest BCUT2D eigenvalue weighted by Crippen LogP contribution is -2.05. The van der Waals surface area contributed by atoms with Crippen molar-refractivity contribution < 1.29 is 0 Å². The highest BCUT2D eigenvalue weighted by atomic mass is 32.2. The summed E-state index contributed by atoms with van der Waals surface area (Å²) in [4.78, 5) is 13.0. The Kier molecular flexibility index (Phi) is 4.27. The third kappa shape index (κ3) is 2.89. The molecule has 0 amide bonds. The van der Waals surface area contributed by atoms with E-state index in [1.807, 2.05) is 11.3 Å². The quantitative estimate of drug-likeness (QED) is 0.201. The summed E-state index contributed by atoms with van der Waals surface area (Å²) in [5, 5.41) is 8.82. The van der Waals surface area contributed by atoms with Crippen molar-refractivity contribution in [1.82, 2.24) is 14.5 Å². The predicted molar refractivity (Wildman–Crippen MR) is 174 cm³/mol. The van der Waals surface area contributed by atoms with Gasteiger partial charge in [-0.3, -0.25) is 4.57 Å². The van der Waals surface area contributed by atoms with Crippen molar-refractivity contribution >= 4 is 86.8 Å². The highest BCUT2D eigenvalue weighted by molar-refractivity contribution is 7.99. The Balaban J connectivity index is 1.35. The zero-order valence-electron chi connectivity index (χ0n) is 21.6. The molecular weight excluding hydrogens is 539 g/mol. The SMILES string of the molecule is c1ccc2c(c1)Sc1cccc3nc(-n4c5ccccc5c5c6ccc7sc8ccccc8c7c6ccc54)nc-2c13. The minimum atomic E-state index is 0.707. The number of nitrogens with zero attached hydrogens (tertiary/aromatic N) is 3. The molecular formula is C36H19N3S2. The van der Waals surface area contributed by atoms with Gasteiger partial charge >= 0.3 is 0 Å². The van der Waals surface area contributed by atoms with Gasteiger partial charge in [0.1, 0.15) is 0 Å². The fourth-order valence-electron chi connectivity index (χ4n) is 6.70. The molecule has 0 fully saturated rings. The first-order chi connectivity index (χ1) is 20.3. The molecule has 0 spiro atoms. The van der Waals surface area contributed by atoms with Crippen molar-refractivity contribution in [2.45, 2.75) is 9.79 Å². The Labute approximate surface area is 242 Å². The topological polar surface area (TPSA) is 30.7 Å². The third-order valence-corrected chi connectivity index (χ3v) is 10.7. The number of fused-ring (bicyclic) bond motifs is 11. The van der Waals surface area contributed by atoms with Crippen molar-refractivity contribution in [1.29, 1.82) is 0 Å². The summed E-state index contributed by atoms with van der Waals surface area (Å²) in [5.41, 5.74) is 5.39. The van der Waals surface area contributed by atoms with Gasteiger partial charge in [0.05, 0.1) is 22.2 Å². The Hall–Kier alpha value is -4.71. The first-order valence-electron chi connectivity index (χ1n) is 13.7. The molecule has 5 heteroatoms. The Morgan fingerprint density at radius 3 is 2.24 bits per heavy atom. The zero-order chi connectivity index (χ0) is 26.7. The molecule has 41 heavy (non-hydrogen) atoms. The van der Waals surface area contributed by atoms with Crippen LogP contribution in [0.1, 0.15) is 0 Å². The van der Waals surface area contributed by atoms with E-state index in [2.05, 4.69) is 120 Å². The van der Waals surface area contributed by atoms with E-state index >= 15 is 0 Å². The molecule has 3 nitrogen and oxygen atoms in total. The van der Waals surface area contributed by atoms with Crippen molar-refractivity contribution in [3.8, 4) is 17.2 Å². The van der Waals surface area contributed by atoms with E-state index in [0.717, 1.165) is 27.6 Å². The first-order valence-corrected chi connectivity index (χ1v) is 15.3. The second-order valence-electron chi connectivity index (χ2n) is 10.6. The third-order valence-electron chi connectivity index (χ3n) is 8.41. The Morgan fingerprint density at radius 2 is 1.27 bits per heavy atom. The second kappa shape index (κ2) is 7.94. The second-order valence-corrected chi connectivity index (χ2v) is 12.7. The molecule has 1 aliphatic heterocycles. The van der Waals surface area contributed by atoms with Gasteiger partial charge in [-0.1, -0.05) is 84.6 Å². The van der Waals surface area contributed by atoms with Crippen LogP contribution in [0.25, 0.3) is 80.9 Å². The van der Waals surface area contributed by atoms with Crippen molar-refractivity contribution in [3.63, 3.8) is 0 Å². The maximum atomic E-state index is 5.32. The van der Waals surface area contributed by atoms with Crippen LogP contribution in [0.4, 0.5) is 0 Å². The molecule has 6 aromatic carbocycles. The maximum absolute atomic E-state index is 5.32. The summed E-state index contributed by atoms with van der Waals surface area (Å²) in [6.45, 7) is 0. The van der Waals surface area contributed by atoms with Gasteiger partial charge < -0.3 is 0 Å². The fourth-order valence-corrected chi connectivity index (χ4v) is 8.93. The number of aromatic nitrogens is 3. The molecule has 0 N–H and O–H groups in total. The molecule has 10 rings (SSSR count). The van der Waals surface area contributed by atoms with Crippen LogP contribution in [0, 0.1) is 0 Å². The maximum Gasteiger partial charge on any atom is 0.235 e. The number of para-hydroxylation sites is 1. The summed E-state index contributed by atoms with van der Waals surface area (Å²) >= 11 is 3.67. The summed E-state index contributed by atoms with van der Waals surface area (Å²) in [6.07, 6.45) is 0. The van der Waals surface area contributed by atoms with E-state index in [-0.39, 0.29) is 0 Å². The van der Waals surface area contributed by atoms with E-state index in [4.69, 9.17) is 9.97 Å². The van der Waals surface area contributed by atoms with Crippen LogP contribution in [0.5, 0.6) is 0 Å². The molecule has 0 saturated heterocycles. The fraction of sp³-hybridized carbons (Fsp3) is 0. The normalized spacial score (nSPS) is 12.8. The Morgan fingerprint density at radius 1 is 0.488 bits per heavy atom. The Bertz CT molecular complexity index is 2570. The number of thiophene rings is 1. The van der Waals surface area contributed by atoms with Gasteiger partial charge in [0, 0.05) is 51.7 Å². The van der Waals surface area contributed by atoms with Gasteiger partial charge in [-0.15, -0.1) is 11.3 Å². The summed E-state index contributed by atoms with van der Waals surface area (Å²) in [6, 6.07) is 41.5. The van der Waals surface area contributed by atoms with E-state index in [1.54, 1.807) is 11.8 Å². The summed E-state index contributed by atoms with van der Waals surface area (Å²) in [7, 11) is 0. The smallest absolute Gasteiger partial charge is 0.235 e. The first kappa shape index (κ1) is 22.0. The molecule has 0 bridgehead atoms. The molecule has 0 saturated carbocycles. The molecule has 0 atom stereocenters. The van der Waals surface area contributed by atoms with E-state index < -0.39 is 0 Å². The molecule has 0 aliphatic carbocycles. The van der Waals surface area contributed by atoms with Gasteiger partial charge in [-0.25, -0.2) is 9.97 Å². The van der Waals surface area contributed by atoms with E-state index in [1.165, 1.54) is 57.1 Å².